The summed E-state index contributed by atoms with van der Waals surface area (Å²) in [4.78, 5) is 0. The fourth-order valence-corrected chi connectivity index (χ4v) is 1.60. The van der Waals surface area contributed by atoms with Crippen LogP contribution in [-0.4, -0.2) is 31.4 Å². The van der Waals surface area contributed by atoms with E-state index in [0.29, 0.717) is 0 Å². The highest BCUT2D eigenvalue weighted by molar-refractivity contribution is 5.18. The Balaban J connectivity index is 2.33. The van der Waals surface area contributed by atoms with E-state index in [1.165, 1.54) is 0 Å². The van der Waals surface area contributed by atoms with Gasteiger partial charge in [0.1, 0.15) is 0 Å². The fourth-order valence-electron chi connectivity index (χ4n) is 1.60. The van der Waals surface area contributed by atoms with Gasteiger partial charge in [-0.1, -0.05) is 30.3 Å². The molecule has 0 aliphatic heterocycles. The second-order valence-corrected chi connectivity index (χ2v) is 3.94. The van der Waals surface area contributed by atoms with Crippen LogP contribution in [0.2, 0.25) is 0 Å². The Morgan fingerprint density at radius 2 is 2.00 bits per heavy atom. The summed E-state index contributed by atoms with van der Waals surface area (Å²) in [5.74, 6) is 0. The minimum absolute atomic E-state index is 0.0549. The fraction of sp³-hybridized carbons (Fsp3) is 0.538. The maximum absolute atomic E-state index is 10.1. The molecule has 0 heterocycles. The molecule has 1 rings (SSSR count). The van der Waals surface area contributed by atoms with Gasteiger partial charge in [0.05, 0.1) is 6.10 Å². The zero-order valence-electron chi connectivity index (χ0n) is 10.0. The predicted octanol–water partition coefficient (Wildman–Crippen LogP) is 1.73. The van der Waals surface area contributed by atoms with Gasteiger partial charge >= 0.3 is 0 Å². The van der Waals surface area contributed by atoms with Crippen molar-refractivity contribution in [3.05, 3.63) is 35.9 Å². The molecule has 0 saturated heterocycles. The van der Waals surface area contributed by atoms with Crippen LogP contribution in [-0.2, 0) is 4.74 Å². The summed E-state index contributed by atoms with van der Waals surface area (Å²) in [6, 6.07) is 9.77. The maximum atomic E-state index is 10.1. The van der Waals surface area contributed by atoms with Crippen LogP contribution < -0.4 is 5.32 Å². The van der Waals surface area contributed by atoms with Crippen molar-refractivity contribution in [2.75, 3.05) is 20.3 Å². The summed E-state index contributed by atoms with van der Waals surface area (Å²) in [5, 5.41) is 13.3. The molecule has 2 unspecified atom stereocenters. The van der Waals surface area contributed by atoms with E-state index in [2.05, 4.69) is 5.32 Å². The average Bonchev–Trinajstić information content (AvgIpc) is 2.34. The monoisotopic (exact) mass is 223 g/mol. The molecule has 16 heavy (non-hydrogen) atoms. The van der Waals surface area contributed by atoms with Crippen LogP contribution in [0, 0.1) is 0 Å². The van der Waals surface area contributed by atoms with Crippen LogP contribution in [0.1, 0.15) is 25.0 Å². The largest absolute Gasteiger partial charge is 0.387 e. The number of rotatable bonds is 7. The van der Waals surface area contributed by atoms with Crippen LogP contribution in [0.4, 0.5) is 0 Å². The Labute approximate surface area is 97.4 Å². The molecule has 90 valence electrons. The quantitative estimate of drug-likeness (QED) is 0.692. The molecule has 0 amide bonds. The van der Waals surface area contributed by atoms with Crippen LogP contribution in [0.25, 0.3) is 0 Å². The van der Waals surface area contributed by atoms with Gasteiger partial charge in [0.25, 0.3) is 0 Å². The highest BCUT2D eigenvalue weighted by atomic mass is 16.5. The van der Waals surface area contributed by atoms with Crippen molar-refractivity contribution in [2.24, 2.45) is 0 Å². The normalized spacial score (nSPS) is 14.7. The van der Waals surface area contributed by atoms with Gasteiger partial charge in [0.15, 0.2) is 0 Å². The Morgan fingerprint density at radius 3 is 2.62 bits per heavy atom. The molecule has 0 aromatic heterocycles. The van der Waals surface area contributed by atoms with Crippen molar-refractivity contribution < 1.29 is 9.84 Å². The van der Waals surface area contributed by atoms with E-state index in [1.807, 2.05) is 37.3 Å². The van der Waals surface area contributed by atoms with Crippen LogP contribution in [0.15, 0.2) is 30.3 Å². The third kappa shape index (κ3) is 4.31. The molecule has 0 fully saturated rings. The van der Waals surface area contributed by atoms with E-state index in [4.69, 9.17) is 4.74 Å². The topological polar surface area (TPSA) is 41.5 Å². The van der Waals surface area contributed by atoms with E-state index in [-0.39, 0.29) is 6.04 Å². The SMILES string of the molecule is COCCCNC(C)C(O)c1ccccc1. The summed E-state index contributed by atoms with van der Waals surface area (Å²) < 4.78 is 4.97. The van der Waals surface area contributed by atoms with Crippen molar-refractivity contribution in [1.29, 1.82) is 0 Å². The minimum Gasteiger partial charge on any atom is -0.387 e. The second-order valence-electron chi connectivity index (χ2n) is 3.94. The lowest BCUT2D eigenvalue weighted by molar-refractivity contribution is 0.132. The third-order valence-electron chi connectivity index (χ3n) is 2.61. The Morgan fingerprint density at radius 1 is 1.31 bits per heavy atom. The number of ether oxygens (including phenoxy) is 1. The summed E-state index contributed by atoms with van der Waals surface area (Å²) in [7, 11) is 1.70. The summed E-state index contributed by atoms with van der Waals surface area (Å²) in [6.45, 7) is 3.60. The lowest BCUT2D eigenvalue weighted by Gasteiger charge is -2.20. The molecule has 0 bridgehead atoms. The van der Waals surface area contributed by atoms with E-state index in [9.17, 15) is 5.11 Å². The number of methoxy groups -OCH3 is 1. The van der Waals surface area contributed by atoms with Crippen molar-refractivity contribution in [1.82, 2.24) is 5.32 Å². The molecular weight excluding hydrogens is 202 g/mol. The number of aliphatic hydroxyl groups is 1. The first-order valence-electron chi connectivity index (χ1n) is 5.71. The smallest absolute Gasteiger partial charge is 0.0940 e. The number of hydrogen-bond donors (Lipinski definition) is 2. The molecule has 2 atom stereocenters. The molecule has 1 aromatic carbocycles. The van der Waals surface area contributed by atoms with Crippen molar-refractivity contribution in [3.63, 3.8) is 0 Å². The maximum Gasteiger partial charge on any atom is 0.0940 e. The van der Waals surface area contributed by atoms with Crippen molar-refractivity contribution in [2.45, 2.75) is 25.5 Å². The summed E-state index contributed by atoms with van der Waals surface area (Å²) in [6.07, 6.45) is 0.506. The van der Waals surface area contributed by atoms with Gasteiger partial charge in [-0.05, 0) is 25.5 Å². The molecule has 0 saturated carbocycles. The first-order valence-corrected chi connectivity index (χ1v) is 5.71. The van der Waals surface area contributed by atoms with Crippen molar-refractivity contribution in [3.8, 4) is 0 Å². The lowest BCUT2D eigenvalue weighted by Crippen LogP contribution is -2.33. The molecule has 3 nitrogen and oxygen atoms in total. The first kappa shape index (κ1) is 13.2. The molecule has 0 spiro atoms. The molecule has 0 aliphatic rings. The Hall–Kier alpha value is -0.900. The number of benzene rings is 1. The Kier molecular flexibility index (Phi) is 6.08. The second kappa shape index (κ2) is 7.39. The van der Waals surface area contributed by atoms with Gasteiger partial charge in [0, 0.05) is 19.8 Å². The van der Waals surface area contributed by atoms with E-state index in [0.717, 1.165) is 25.1 Å². The lowest BCUT2D eigenvalue weighted by atomic mass is 10.0. The number of nitrogens with one attached hydrogen (secondary N) is 1. The van der Waals surface area contributed by atoms with Gasteiger partial charge in [-0.3, -0.25) is 0 Å². The van der Waals surface area contributed by atoms with Crippen molar-refractivity contribution >= 4 is 0 Å². The molecule has 3 heteroatoms. The highest BCUT2D eigenvalue weighted by Crippen LogP contribution is 2.15. The molecule has 2 N–H and O–H groups in total. The van der Waals surface area contributed by atoms with E-state index < -0.39 is 6.10 Å². The molecular formula is C13H21NO2. The van der Waals surface area contributed by atoms with Gasteiger partial charge < -0.3 is 15.2 Å². The summed E-state index contributed by atoms with van der Waals surface area (Å²) >= 11 is 0. The van der Waals surface area contributed by atoms with Crippen LogP contribution >= 0.6 is 0 Å². The van der Waals surface area contributed by atoms with E-state index >= 15 is 0 Å². The zero-order valence-corrected chi connectivity index (χ0v) is 10.0. The van der Waals surface area contributed by atoms with E-state index in [1.54, 1.807) is 7.11 Å². The van der Waals surface area contributed by atoms with Gasteiger partial charge in [0.2, 0.25) is 0 Å². The standard InChI is InChI=1S/C13H21NO2/c1-11(14-9-6-10-16-2)13(15)12-7-4-3-5-8-12/h3-5,7-8,11,13-15H,6,9-10H2,1-2H3. The third-order valence-corrected chi connectivity index (χ3v) is 2.61. The summed E-state index contributed by atoms with van der Waals surface area (Å²) in [5.41, 5.74) is 0.953. The Bertz CT molecular complexity index is 277. The molecule has 0 aliphatic carbocycles. The molecule has 1 aromatic rings. The van der Waals surface area contributed by atoms with Crippen LogP contribution in [0.3, 0.4) is 0 Å². The number of aliphatic hydroxyl groups excluding tert-OH is 1. The highest BCUT2D eigenvalue weighted by Gasteiger charge is 2.14. The van der Waals surface area contributed by atoms with Gasteiger partial charge in [-0.2, -0.15) is 0 Å². The zero-order chi connectivity index (χ0) is 11.8. The minimum atomic E-state index is -0.455. The van der Waals surface area contributed by atoms with Crippen LogP contribution in [0.5, 0.6) is 0 Å². The van der Waals surface area contributed by atoms with Gasteiger partial charge in [-0.25, -0.2) is 0 Å². The molecule has 0 radical (unpaired) electrons. The average molecular weight is 223 g/mol. The number of hydrogen-bond acceptors (Lipinski definition) is 3. The predicted molar refractivity (Wildman–Crippen MR) is 65.4 cm³/mol. The van der Waals surface area contributed by atoms with Gasteiger partial charge in [-0.15, -0.1) is 0 Å². The first-order chi connectivity index (χ1) is 7.75.